The molecule has 0 bridgehead atoms. The van der Waals surface area contributed by atoms with Gasteiger partial charge in [-0.1, -0.05) is 42.5 Å². The van der Waals surface area contributed by atoms with Gasteiger partial charge in [-0.2, -0.15) is 0 Å². The predicted molar refractivity (Wildman–Crippen MR) is 136 cm³/mol. The fraction of sp³-hybridized carbons (Fsp3) is 0.172. The number of carbonyl (C=O) groups excluding carboxylic acids is 2. The fourth-order valence-electron chi connectivity index (χ4n) is 4.66. The first kappa shape index (κ1) is 24.0. The number of amides is 1. The minimum atomic E-state index is -0.919. The molecule has 0 spiro atoms. The van der Waals surface area contributed by atoms with E-state index < -0.39 is 23.5 Å². The molecule has 0 saturated heterocycles. The van der Waals surface area contributed by atoms with Crippen LogP contribution < -0.4 is 14.2 Å². The maximum atomic E-state index is 13.8. The zero-order valence-corrected chi connectivity index (χ0v) is 20.6. The van der Waals surface area contributed by atoms with E-state index in [1.807, 2.05) is 30.3 Å². The predicted octanol–water partition coefficient (Wildman–Crippen LogP) is 5.24. The van der Waals surface area contributed by atoms with Crippen LogP contribution in [-0.2, 0) is 11.3 Å². The van der Waals surface area contributed by atoms with Crippen LogP contribution in [0.4, 0.5) is 0 Å². The second-order valence-electron chi connectivity index (χ2n) is 8.50. The van der Waals surface area contributed by atoms with Gasteiger partial charge in [0.2, 0.25) is 5.78 Å². The fourth-order valence-corrected chi connectivity index (χ4v) is 4.66. The number of para-hydroxylation sites is 2. The maximum Gasteiger partial charge on any atom is 0.290 e. The Morgan fingerprint density at radius 3 is 2.32 bits per heavy atom. The van der Waals surface area contributed by atoms with Crippen molar-refractivity contribution in [3.05, 3.63) is 101 Å². The van der Waals surface area contributed by atoms with Gasteiger partial charge in [0.1, 0.15) is 11.3 Å². The molecule has 5 rings (SSSR count). The van der Waals surface area contributed by atoms with E-state index in [4.69, 9.17) is 18.6 Å². The zero-order chi connectivity index (χ0) is 26.1. The number of Topliss-reactive ketones (excluding diaryl/α,β-unsaturated/α-hetero) is 1. The molecule has 37 heavy (non-hydrogen) atoms. The molecular formula is C29H25NO7. The van der Waals surface area contributed by atoms with E-state index >= 15 is 0 Å². The summed E-state index contributed by atoms with van der Waals surface area (Å²) in [6, 6.07) is 20.3. The summed E-state index contributed by atoms with van der Waals surface area (Å²) in [5, 5.41) is 11.8. The molecule has 1 aromatic heterocycles. The van der Waals surface area contributed by atoms with Crippen LogP contribution in [0.3, 0.4) is 0 Å². The lowest BCUT2D eigenvalue weighted by molar-refractivity contribution is -0.130. The molecule has 8 heteroatoms. The molecule has 0 saturated carbocycles. The van der Waals surface area contributed by atoms with Crippen molar-refractivity contribution in [2.24, 2.45) is 0 Å². The van der Waals surface area contributed by atoms with Crippen LogP contribution >= 0.6 is 0 Å². The van der Waals surface area contributed by atoms with Gasteiger partial charge < -0.3 is 28.6 Å². The quantitative estimate of drug-likeness (QED) is 0.331. The number of furan rings is 1. The van der Waals surface area contributed by atoms with Gasteiger partial charge in [-0.15, -0.1) is 0 Å². The van der Waals surface area contributed by atoms with E-state index in [1.54, 1.807) is 49.6 Å². The molecular weight excluding hydrogens is 474 g/mol. The van der Waals surface area contributed by atoms with Gasteiger partial charge in [-0.3, -0.25) is 9.59 Å². The van der Waals surface area contributed by atoms with E-state index in [9.17, 15) is 14.7 Å². The molecule has 3 aromatic carbocycles. The number of ether oxygens (including phenoxy) is 3. The van der Waals surface area contributed by atoms with Crippen molar-refractivity contribution in [2.45, 2.75) is 12.6 Å². The number of methoxy groups -OCH3 is 3. The Morgan fingerprint density at radius 2 is 1.59 bits per heavy atom. The lowest BCUT2D eigenvalue weighted by Crippen LogP contribution is -2.31. The molecule has 0 radical (unpaired) electrons. The lowest BCUT2D eigenvalue weighted by atomic mass is 9.94. The molecule has 1 amide bonds. The number of hydrogen-bond donors (Lipinski definition) is 1. The second-order valence-corrected chi connectivity index (χ2v) is 8.50. The first-order valence-corrected chi connectivity index (χ1v) is 11.6. The van der Waals surface area contributed by atoms with Crippen molar-refractivity contribution < 1.29 is 33.3 Å². The highest BCUT2D eigenvalue weighted by Gasteiger charge is 2.45. The van der Waals surface area contributed by atoms with Crippen molar-refractivity contribution in [3.8, 4) is 17.2 Å². The van der Waals surface area contributed by atoms with Crippen molar-refractivity contribution >= 4 is 22.7 Å². The van der Waals surface area contributed by atoms with Crippen molar-refractivity contribution in [3.63, 3.8) is 0 Å². The van der Waals surface area contributed by atoms with E-state index in [1.165, 1.54) is 19.1 Å². The molecule has 1 N–H and O–H groups in total. The topological polar surface area (TPSA) is 98.4 Å². The summed E-state index contributed by atoms with van der Waals surface area (Å²) < 4.78 is 22.1. The summed E-state index contributed by atoms with van der Waals surface area (Å²) in [4.78, 5) is 28.6. The third-order valence-electron chi connectivity index (χ3n) is 6.45. The minimum Gasteiger partial charge on any atom is -0.503 e. The number of ketones is 1. The third-order valence-corrected chi connectivity index (χ3v) is 6.45. The Kier molecular flexibility index (Phi) is 6.31. The van der Waals surface area contributed by atoms with Gasteiger partial charge in [0, 0.05) is 10.9 Å². The summed E-state index contributed by atoms with van der Waals surface area (Å²) in [5.41, 5.74) is 1.73. The van der Waals surface area contributed by atoms with E-state index in [0.717, 1.165) is 5.39 Å². The summed E-state index contributed by atoms with van der Waals surface area (Å²) in [7, 11) is 4.57. The summed E-state index contributed by atoms with van der Waals surface area (Å²) in [6.07, 6.45) is 0. The summed E-state index contributed by atoms with van der Waals surface area (Å²) in [6.45, 7) is 0.0861. The van der Waals surface area contributed by atoms with Gasteiger partial charge in [-0.25, -0.2) is 0 Å². The summed E-state index contributed by atoms with van der Waals surface area (Å²) >= 11 is 0. The van der Waals surface area contributed by atoms with Crippen LogP contribution in [0.15, 0.2) is 88.5 Å². The first-order valence-electron chi connectivity index (χ1n) is 11.6. The Labute approximate surface area is 213 Å². The molecule has 1 aliphatic rings. The normalized spacial score (nSPS) is 15.4. The van der Waals surface area contributed by atoms with Gasteiger partial charge in [0.05, 0.1) is 39.5 Å². The Balaban J connectivity index is 1.64. The van der Waals surface area contributed by atoms with Crippen LogP contribution in [0.1, 0.15) is 27.7 Å². The van der Waals surface area contributed by atoms with Crippen LogP contribution in [0, 0.1) is 0 Å². The lowest BCUT2D eigenvalue weighted by Gasteiger charge is -2.28. The van der Waals surface area contributed by atoms with E-state index in [-0.39, 0.29) is 17.9 Å². The highest BCUT2D eigenvalue weighted by atomic mass is 16.5. The SMILES string of the molecule is COc1ccccc1CN1C(=O)C(O)=C(C(=O)c2cc3ccccc3o2)C1c1ccc(OC)c(OC)c1. The molecule has 1 atom stereocenters. The second kappa shape index (κ2) is 9.73. The average molecular weight is 500 g/mol. The molecule has 188 valence electrons. The Hall–Kier alpha value is -4.72. The van der Waals surface area contributed by atoms with Crippen LogP contribution in [0.2, 0.25) is 0 Å². The molecule has 8 nitrogen and oxygen atoms in total. The monoisotopic (exact) mass is 499 g/mol. The zero-order valence-electron chi connectivity index (χ0n) is 20.6. The number of carbonyl (C=O) groups is 2. The maximum absolute atomic E-state index is 13.8. The largest absolute Gasteiger partial charge is 0.503 e. The van der Waals surface area contributed by atoms with Crippen LogP contribution in [0.25, 0.3) is 11.0 Å². The number of aliphatic hydroxyl groups is 1. The van der Waals surface area contributed by atoms with Crippen LogP contribution in [0.5, 0.6) is 17.2 Å². The van der Waals surface area contributed by atoms with Crippen LogP contribution in [-0.4, -0.2) is 43.0 Å². The Morgan fingerprint density at radius 1 is 0.892 bits per heavy atom. The third kappa shape index (κ3) is 4.16. The molecule has 0 aliphatic carbocycles. The molecule has 2 heterocycles. The van der Waals surface area contributed by atoms with Gasteiger partial charge in [0.15, 0.2) is 23.0 Å². The molecule has 1 aliphatic heterocycles. The first-order chi connectivity index (χ1) is 18.0. The van der Waals surface area contributed by atoms with Crippen molar-refractivity contribution in [2.75, 3.05) is 21.3 Å². The number of nitrogens with zero attached hydrogens (tertiary/aromatic N) is 1. The number of hydrogen-bond acceptors (Lipinski definition) is 7. The number of benzene rings is 3. The summed E-state index contributed by atoms with van der Waals surface area (Å²) in [5.74, 6) is -0.357. The number of fused-ring (bicyclic) bond motifs is 1. The van der Waals surface area contributed by atoms with Gasteiger partial charge >= 0.3 is 0 Å². The number of aliphatic hydroxyl groups excluding tert-OH is 1. The number of rotatable bonds is 8. The van der Waals surface area contributed by atoms with Crippen molar-refractivity contribution in [1.29, 1.82) is 0 Å². The highest BCUT2D eigenvalue weighted by molar-refractivity contribution is 6.16. The smallest absolute Gasteiger partial charge is 0.290 e. The Bertz CT molecular complexity index is 1500. The minimum absolute atomic E-state index is 0.0279. The van der Waals surface area contributed by atoms with E-state index in [2.05, 4.69) is 0 Å². The molecule has 0 fully saturated rings. The standard InChI is InChI=1S/C29H25NO7/c1-34-20-10-6-5-9-19(20)16-30-26(18-12-13-22(35-2)23(15-18)36-3)25(28(32)29(30)33)27(31)24-14-17-8-4-7-11-21(17)37-24/h4-15,26,32H,16H2,1-3H3. The van der Waals surface area contributed by atoms with Gasteiger partial charge in [-0.05, 0) is 35.9 Å². The highest BCUT2D eigenvalue weighted by Crippen LogP contribution is 2.43. The average Bonchev–Trinajstić information content (AvgIpc) is 3.47. The molecule has 4 aromatic rings. The molecule has 1 unspecified atom stereocenters. The van der Waals surface area contributed by atoms with Crippen molar-refractivity contribution in [1.82, 2.24) is 4.90 Å². The van der Waals surface area contributed by atoms with E-state index in [0.29, 0.717) is 34.0 Å². The van der Waals surface area contributed by atoms with Gasteiger partial charge in [0.25, 0.3) is 5.91 Å².